The van der Waals surface area contributed by atoms with Gasteiger partial charge in [0.15, 0.2) is 9.84 Å². The molecule has 0 saturated carbocycles. The second-order valence-electron chi connectivity index (χ2n) is 4.79. The molecule has 5 nitrogen and oxygen atoms in total. The molecule has 110 valence electrons. The Kier molecular flexibility index (Phi) is 5.00. The van der Waals surface area contributed by atoms with Crippen LogP contribution < -0.4 is 0 Å². The third-order valence-corrected chi connectivity index (χ3v) is 4.99. The van der Waals surface area contributed by atoms with E-state index in [1.54, 1.807) is 35.2 Å². The molecule has 1 saturated heterocycles. The summed E-state index contributed by atoms with van der Waals surface area (Å²) in [5.41, 5.74) is 0. The number of hydrogen-bond acceptors (Lipinski definition) is 4. The van der Waals surface area contributed by atoms with Crippen molar-refractivity contribution in [2.24, 2.45) is 0 Å². The van der Waals surface area contributed by atoms with E-state index in [0.29, 0.717) is 13.1 Å². The lowest BCUT2D eigenvalue weighted by atomic mass is 10.1. The summed E-state index contributed by atoms with van der Waals surface area (Å²) in [6.45, 7) is 1.29. The summed E-state index contributed by atoms with van der Waals surface area (Å²) in [6.07, 6.45) is 2.69. The van der Waals surface area contributed by atoms with Gasteiger partial charge < -0.3 is 9.64 Å². The molecule has 0 bridgehead atoms. The van der Waals surface area contributed by atoms with Gasteiger partial charge in [0.05, 0.1) is 10.6 Å². The summed E-state index contributed by atoms with van der Waals surface area (Å²) in [7, 11) is -3.38. The highest BCUT2D eigenvalue weighted by atomic mass is 32.2. The Morgan fingerprint density at radius 2 is 1.75 bits per heavy atom. The monoisotopic (exact) mass is 297 g/mol. The molecular weight excluding hydrogens is 278 g/mol. The number of carbonyl (C=O) groups is 1. The van der Waals surface area contributed by atoms with Crippen molar-refractivity contribution < 1.29 is 17.9 Å². The van der Waals surface area contributed by atoms with E-state index in [1.165, 1.54) is 0 Å². The Balaban J connectivity index is 1.82. The molecular formula is C14H19NO4S. The molecule has 6 heteroatoms. The lowest BCUT2D eigenvalue weighted by molar-refractivity contribution is 0.100. The topological polar surface area (TPSA) is 63.7 Å². The maximum Gasteiger partial charge on any atom is 0.409 e. The van der Waals surface area contributed by atoms with Gasteiger partial charge in [-0.3, -0.25) is 0 Å². The Morgan fingerprint density at radius 3 is 2.40 bits per heavy atom. The summed E-state index contributed by atoms with van der Waals surface area (Å²) >= 11 is 0. The summed E-state index contributed by atoms with van der Waals surface area (Å²) in [6, 6.07) is 8.19. The normalized spacial score (nSPS) is 15.9. The van der Waals surface area contributed by atoms with Gasteiger partial charge in [-0.25, -0.2) is 13.2 Å². The van der Waals surface area contributed by atoms with Crippen molar-refractivity contribution in [3.63, 3.8) is 0 Å². The van der Waals surface area contributed by atoms with Gasteiger partial charge in [-0.1, -0.05) is 18.2 Å². The number of hydrogen-bond donors (Lipinski definition) is 0. The minimum atomic E-state index is -3.38. The van der Waals surface area contributed by atoms with Crippen LogP contribution >= 0.6 is 0 Å². The summed E-state index contributed by atoms with van der Waals surface area (Å²) in [5.74, 6) is -0.184. The van der Waals surface area contributed by atoms with Gasteiger partial charge in [-0.05, 0) is 31.4 Å². The molecule has 0 aromatic heterocycles. The van der Waals surface area contributed by atoms with Crippen LogP contribution in [0.2, 0.25) is 0 Å². The van der Waals surface area contributed by atoms with Gasteiger partial charge in [0.25, 0.3) is 0 Å². The molecule has 0 atom stereocenters. The van der Waals surface area contributed by atoms with E-state index in [-0.39, 0.29) is 17.3 Å². The van der Waals surface area contributed by atoms with Gasteiger partial charge in [0.1, 0.15) is 6.61 Å². The average Bonchev–Trinajstić information content (AvgIpc) is 2.49. The van der Waals surface area contributed by atoms with Crippen molar-refractivity contribution in [2.45, 2.75) is 24.2 Å². The molecule has 1 aliphatic heterocycles. The second-order valence-corrected chi connectivity index (χ2v) is 6.90. The first-order valence-electron chi connectivity index (χ1n) is 6.79. The van der Waals surface area contributed by atoms with E-state index >= 15 is 0 Å². The van der Waals surface area contributed by atoms with Gasteiger partial charge >= 0.3 is 6.09 Å². The smallest absolute Gasteiger partial charge is 0.409 e. The van der Waals surface area contributed by atoms with Crippen LogP contribution in [0.25, 0.3) is 0 Å². The zero-order chi connectivity index (χ0) is 14.4. The number of piperidine rings is 1. The Bertz CT molecular complexity index is 536. The maximum absolute atomic E-state index is 12.0. The second kappa shape index (κ2) is 6.74. The first kappa shape index (κ1) is 14.8. The van der Waals surface area contributed by atoms with E-state index in [0.717, 1.165) is 19.3 Å². The SMILES string of the molecule is O=C(OCCS(=O)(=O)c1ccccc1)N1CCCCC1. The lowest BCUT2D eigenvalue weighted by Crippen LogP contribution is -2.36. The number of sulfone groups is 1. The number of likely N-dealkylation sites (tertiary alicyclic amines) is 1. The van der Waals surface area contributed by atoms with Gasteiger partial charge in [-0.15, -0.1) is 0 Å². The first-order valence-corrected chi connectivity index (χ1v) is 8.44. The van der Waals surface area contributed by atoms with E-state index in [1.807, 2.05) is 0 Å². The van der Waals surface area contributed by atoms with E-state index in [4.69, 9.17) is 4.74 Å². The van der Waals surface area contributed by atoms with Crippen molar-refractivity contribution in [1.82, 2.24) is 4.90 Å². The van der Waals surface area contributed by atoms with Crippen molar-refractivity contribution in [1.29, 1.82) is 0 Å². The van der Waals surface area contributed by atoms with Gasteiger partial charge in [0.2, 0.25) is 0 Å². The highest BCUT2D eigenvalue weighted by molar-refractivity contribution is 7.91. The lowest BCUT2D eigenvalue weighted by Gasteiger charge is -2.25. The minimum absolute atomic E-state index is 0.105. The summed E-state index contributed by atoms with van der Waals surface area (Å²) in [5, 5.41) is 0. The van der Waals surface area contributed by atoms with Crippen LogP contribution in [0.1, 0.15) is 19.3 Å². The highest BCUT2D eigenvalue weighted by Gasteiger charge is 2.19. The predicted molar refractivity (Wildman–Crippen MR) is 75.3 cm³/mol. The number of nitrogens with zero attached hydrogens (tertiary/aromatic N) is 1. The molecule has 1 aliphatic rings. The molecule has 0 unspecified atom stereocenters. The molecule has 1 aromatic carbocycles. The largest absolute Gasteiger partial charge is 0.448 e. The third kappa shape index (κ3) is 3.96. The van der Waals surface area contributed by atoms with Crippen molar-refractivity contribution in [2.75, 3.05) is 25.4 Å². The predicted octanol–water partition coefficient (Wildman–Crippen LogP) is 2.08. The zero-order valence-electron chi connectivity index (χ0n) is 11.3. The fourth-order valence-corrected chi connectivity index (χ4v) is 3.26. The zero-order valence-corrected chi connectivity index (χ0v) is 12.1. The fraction of sp³-hybridized carbons (Fsp3) is 0.500. The molecule has 0 spiro atoms. The Labute approximate surface area is 119 Å². The van der Waals surface area contributed by atoms with Gasteiger partial charge in [0, 0.05) is 13.1 Å². The highest BCUT2D eigenvalue weighted by Crippen LogP contribution is 2.12. The molecule has 1 amide bonds. The average molecular weight is 297 g/mol. The number of rotatable bonds is 4. The van der Waals surface area contributed by atoms with E-state index in [9.17, 15) is 13.2 Å². The minimum Gasteiger partial charge on any atom is -0.448 e. The maximum atomic E-state index is 12.0. The van der Waals surface area contributed by atoms with Crippen LogP contribution in [0.15, 0.2) is 35.2 Å². The molecule has 20 heavy (non-hydrogen) atoms. The first-order chi connectivity index (χ1) is 9.59. The van der Waals surface area contributed by atoms with Crippen LogP contribution in [0.3, 0.4) is 0 Å². The summed E-state index contributed by atoms with van der Waals surface area (Å²) < 4.78 is 29.0. The van der Waals surface area contributed by atoms with E-state index in [2.05, 4.69) is 0 Å². The van der Waals surface area contributed by atoms with Crippen LogP contribution in [0, 0.1) is 0 Å². The Morgan fingerprint density at radius 1 is 1.10 bits per heavy atom. The van der Waals surface area contributed by atoms with Crippen molar-refractivity contribution in [3.8, 4) is 0 Å². The van der Waals surface area contributed by atoms with E-state index < -0.39 is 15.9 Å². The van der Waals surface area contributed by atoms with Crippen molar-refractivity contribution in [3.05, 3.63) is 30.3 Å². The Hall–Kier alpha value is -1.56. The van der Waals surface area contributed by atoms with Crippen LogP contribution in [0.5, 0.6) is 0 Å². The number of benzene rings is 1. The van der Waals surface area contributed by atoms with Crippen LogP contribution in [-0.4, -0.2) is 44.9 Å². The molecule has 0 N–H and O–H groups in total. The standard InChI is InChI=1S/C14H19NO4S/c16-14(15-9-5-2-6-10-15)19-11-12-20(17,18)13-7-3-1-4-8-13/h1,3-4,7-8H,2,5-6,9-12H2. The fourth-order valence-electron chi connectivity index (χ4n) is 2.15. The number of ether oxygens (including phenoxy) is 1. The van der Waals surface area contributed by atoms with Gasteiger partial charge in [-0.2, -0.15) is 0 Å². The van der Waals surface area contributed by atoms with Crippen LogP contribution in [-0.2, 0) is 14.6 Å². The molecule has 1 fully saturated rings. The molecule has 1 aromatic rings. The third-order valence-electron chi connectivity index (χ3n) is 3.29. The molecule has 2 rings (SSSR count). The summed E-state index contributed by atoms with van der Waals surface area (Å²) in [4.78, 5) is 13.6. The number of carbonyl (C=O) groups excluding carboxylic acids is 1. The quantitative estimate of drug-likeness (QED) is 0.853. The molecule has 0 radical (unpaired) electrons. The van der Waals surface area contributed by atoms with Crippen LogP contribution in [0.4, 0.5) is 4.79 Å². The number of amides is 1. The van der Waals surface area contributed by atoms with Crippen molar-refractivity contribution >= 4 is 15.9 Å². The molecule has 0 aliphatic carbocycles. The molecule has 1 heterocycles.